The van der Waals surface area contributed by atoms with Crippen molar-refractivity contribution in [3.05, 3.63) is 24.8 Å². The van der Waals surface area contributed by atoms with Crippen LogP contribution in [0.4, 0.5) is 0 Å². The Balaban J connectivity index is 2.92. The normalized spacial score (nSPS) is 12.5. The molecule has 0 saturated heterocycles. The number of phenols is 1. The van der Waals surface area contributed by atoms with E-state index in [-0.39, 0.29) is 12.2 Å². The number of nitrogens with two attached hydrogens (primary N) is 1. The molecule has 0 aromatic heterocycles. The van der Waals surface area contributed by atoms with Gasteiger partial charge in [-0.25, -0.2) is 0 Å². The summed E-state index contributed by atoms with van der Waals surface area (Å²) in [6.07, 6.45) is 0.265. The van der Waals surface area contributed by atoms with Gasteiger partial charge in [-0.2, -0.15) is 0 Å². The molecular weight excluding hydrogens is 442 g/mol. The molecule has 15 heavy (non-hydrogen) atoms. The zero-order chi connectivity index (χ0) is 11.6. The summed E-state index contributed by atoms with van der Waals surface area (Å²) in [5, 5.41) is 18.2. The third-order valence-electron chi connectivity index (χ3n) is 1.85. The van der Waals surface area contributed by atoms with Crippen LogP contribution in [-0.2, 0) is 11.2 Å². The minimum Gasteiger partial charge on any atom is -0.506 e. The van der Waals surface area contributed by atoms with E-state index in [0.29, 0.717) is 7.14 Å². The average molecular weight is 451 g/mol. The lowest BCUT2D eigenvalue weighted by Gasteiger charge is -2.08. The van der Waals surface area contributed by atoms with Gasteiger partial charge in [0, 0.05) is 0 Å². The summed E-state index contributed by atoms with van der Waals surface area (Å²) < 4.78 is 1.40. The fourth-order valence-electron chi connectivity index (χ4n) is 1.08. The van der Waals surface area contributed by atoms with Crippen LogP contribution >= 0.6 is 45.2 Å². The average Bonchev–Trinajstić information content (AvgIpc) is 2.13. The summed E-state index contributed by atoms with van der Waals surface area (Å²) >= 11 is 3.99. The van der Waals surface area contributed by atoms with Crippen LogP contribution in [0.5, 0.6) is 5.75 Å². The molecule has 6 heteroatoms. The Morgan fingerprint density at radius 3 is 2.27 bits per heavy atom. The van der Waals surface area contributed by atoms with Crippen molar-refractivity contribution in [3.63, 3.8) is 0 Å². The second-order valence-corrected chi connectivity index (χ2v) is 5.38. The lowest BCUT2D eigenvalue weighted by atomic mass is 12.0. The Labute approximate surface area is 114 Å². The smallest absolute Gasteiger partial charge is 0.320 e. The predicted molar refractivity (Wildman–Crippen MR) is 72.9 cm³/mol. The molecule has 1 atom stereocenters. The van der Waals surface area contributed by atoms with Crippen LogP contribution < -0.4 is 5.73 Å². The van der Waals surface area contributed by atoms with E-state index in [1.807, 2.05) is 45.2 Å². The molecule has 4 N–H and O–H groups in total. The number of phenolic OH excluding ortho intramolecular Hbond substituents is 1. The molecule has 1 unspecified atom stereocenters. The van der Waals surface area contributed by atoms with E-state index in [0.717, 1.165) is 5.56 Å². The molecule has 0 aliphatic heterocycles. The number of carboxylic acids is 1. The number of carboxylic acid groups (broad SMARTS) is 1. The molecule has 0 amide bonds. The third-order valence-corrected chi connectivity index (χ3v) is 3.49. The fourth-order valence-corrected chi connectivity index (χ4v) is 2.97. The minimum absolute atomic E-state index is 0.226. The lowest BCUT2D eigenvalue weighted by Crippen LogP contribution is -2.32. The minimum atomic E-state index is -1.02. The molecule has 0 saturated carbocycles. The number of halogens is 2. The summed E-state index contributed by atoms with van der Waals surface area (Å²) in [5.41, 5.74) is 6.24. The zero-order valence-corrected chi connectivity index (χ0v) is 11.9. The van der Waals surface area contributed by atoms with Crippen molar-refractivity contribution < 1.29 is 15.0 Å². The summed E-state index contributed by atoms with van der Waals surface area (Å²) in [7, 11) is 0. The van der Waals surface area contributed by atoms with Gasteiger partial charge in [0.15, 0.2) is 0 Å². The van der Waals surface area contributed by atoms with Gasteiger partial charge < -0.3 is 15.9 Å². The molecule has 1 rings (SSSR count). The SMILES string of the molecule is N[14CH]([14CH2][14c]1[14cH][14c](I)[14c](O)[14c](I)[14cH]1)[14C](=O)O. The maximum Gasteiger partial charge on any atom is 0.320 e. The van der Waals surface area contributed by atoms with Gasteiger partial charge in [0.05, 0.1) is 7.14 Å². The van der Waals surface area contributed by atoms with E-state index < -0.39 is 12.0 Å². The summed E-state index contributed by atoms with van der Waals surface area (Å²) in [6, 6.07) is 2.57. The van der Waals surface area contributed by atoms with E-state index in [4.69, 9.17) is 10.8 Å². The number of aliphatic carboxylic acids is 1. The van der Waals surface area contributed by atoms with Crippen molar-refractivity contribution in [2.75, 3.05) is 0 Å². The number of aromatic hydroxyl groups is 1. The first kappa shape index (κ1) is 13.0. The molecule has 0 aliphatic carbocycles. The molecule has 1 aromatic carbocycles. The molecule has 1 aromatic rings. The van der Waals surface area contributed by atoms with E-state index in [9.17, 15) is 9.90 Å². The van der Waals surface area contributed by atoms with Crippen molar-refractivity contribution in [3.8, 4) is 5.75 Å². The molecule has 0 fully saturated rings. The Hall–Kier alpha value is -0.0900. The van der Waals surface area contributed by atoms with Gasteiger partial charge in [-0.3, -0.25) is 4.79 Å². The quantitative estimate of drug-likeness (QED) is 0.610. The largest absolute Gasteiger partial charge is 0.506 e. The second-order valence-electron chi connectivity index (χ2n) is 3.06. The predicted octanol–water partition coefficient (Wildman–Crippen LogP) is 1.56. The van der Waals surface area contributed by atoms with Gasteiger partial charge in [-0.1, -0.05) is 0 Å². The highest BCUT2D eigenvalue weighted by atomic mass is 127. The van der Waals surface area contributed by atoms with Crippen molar-refractivity contribution in [2.45, 2.75) is 12.5 Å². The van der Waals surface area contributed by atoms with Crippen LogP contribution in [0.15, 0.2) is 12.1 Å². The first-order chi connectivity index (χ1) is 6.91. The standard InChI is InChI=1S/C9H9I2NO3/c10-5-1-4(2-6(11)8(5)13)3-7(12)9(14)15/h1-2,7,13H,3,12H2,(H,14,15)/i1+2,2+2,3+2,4+2,5+2,6+2,7+2,8+2,9+2. The van der Waals surface area contributed by atoms with E-state index in [1.165, 1.54) is 0 Å². The number of hydrogen-bond acceptors (Lipinski definition) is 3. The van der Waals surface area contributed by atoms with Crippen LogP contribution in [0.2, 0.25) is 0 Å². The van der Waals surface area contributed by atoms with Crippen LogP contribution in [-0.4, -0.2) is 22.2 Å². The van der Waals surface area contributed by atoms with Gasteiger partial charge in [-0.15, -0.1) is 0 Å². The van der Waals surface area contributed by atoms with Gasteiger partial charge in [-0.05, 0) is 69.3 Å². The highest BCUT2D eigenvalue weighted by Gasteiger charge is 2.14. The van der Waals surface area contributed by atoms with E-state index in [2.05, 4.69) is 0 Å². The van der Waals surface area contributed by atoms with Gasteiger partial charge >= 0.3 is 5.97 Å². The molecule has 82 valence electrons. The van der Waals surface area contributed by atoms with Crippen molar-refractivity contribution in [1.29, 1.82) is 0 Å². The van der Waals surface area contributed by atoms with Gasteiger partial charge in [0.1, 0.15) is 11.8 Å². The van der Waals surface area contributed by atoms with Crippen LogP contribution in [0.1, 0.15) is 5.56 Å². The molecule has 0 aliphatic rings. The van der Waals surface area contributed by atoms with Crippen molar-refractivity contribution >= 4 is 51.2 Å². The number of carbonyl (C=O) groups is 1. The topological polar surface area (TPSA) is 83.5 Å². The van der Waals surface area contributed by atoms with Gasteiger partial charge in [0.25, 0.3) is 0 Å². The molecule has 0 heterocycles. The number of hydrogen-bond donors (Lipinski definition) is 3. The Bertz CT molecular complexity index is 372. The first-order valence-corrected chi connectivity index (χ1v) is 6.23. The fraction of sp³-hybridized carbons (Fsp3) is 0.222. The Morgan fingerprint density at radius 1 is 1.40 bits per heavy atom. The van der Waals surface area contributed by atoms with Crippen LogP contribution in [0.25, 0.3) is 0 Å². The van der Waals surface area contributed by atoms with E-state index in [1.54, 1.807) is 12.1 Å². The first-order valence-electron chi connectivity index (χ1n) is 4.07. The Morgan fingerprint density at radius 2 is 1.87 bits per heavy atom. The van der Waals surface area contributed by atoms with Crippen LogP contribution in [0.3, 0.4) is 0 Å². The maximum absolute atomic E-state index is 10.6. The molecule has 0 radical (unpaired) electrons. The number of benzene rings is 1. The van der Waals surface area contributed by atoms with Crippen LogP contribution in [0, 0.1) is 7.14 Å². The van der Waals surface area contributed by atoms with Gasteiger partial charge in [0.2, 0.25) is 0 Å². The highest BCUT2D eigenvalue weighted by molar-refractivity contribution is 14.1. The number of rotatable bonds is 3. The summed E-state index contributed by atoms with van der Waals surface area (Å²) in [6.45, 7) is 0. The monoisotopic (exact) mass is 451 g/mol. The lowest BCUT2D eigenvalue weighted by molar-refractivity contribution is -0.138. The second kappa shape index (κ2) is 5.30. The Kier molecular flexibility index (Phi) is 4.59. The molecule has 0 bridgehead atoms. The molecule has 4 nitrogen and oxygen atoms in total. The summed E-state index contributed by atoms with van der Waals surface area (Å²) in [4.78, 5) is 10.6. The highest BCUT2D eigenvalue weighted by Crippen LogP contribution is 2.27. The summed E-state index contributed by atoms with van der Waals surface area (Å²) in [5.74, 6) is -0.795. The zero-order valence-electron chi connectivity index (χ0n) is 7.58. The van der Waals surface area contributed by atoms with E-state index >= 15 is 0 Å². The van der Waals surface area contributed by atoms with Crippen molar-refractivity contribution in [2.24, 2.45) is 5.73 Å². The van der Waals surface area contributed by atoms with Crippen molar-refractivity contribution in [1.82, 2.24) is 0 Å². The molecular formula is C9H9I2NO3. The molecule has 0 spiro atoms. The third kappa shape index (κ3) is 3.45. The maximum atomic E-state index is 10.6.